The number of phenolic OH excluding ortho intramolecular Hbond substituents is 1. The van der Waals surface area contributed by atoms with Crippen LogP contribution in [0.5, 0.6) is 11.6 Å². The van der Waals surface area contributed by atoms with Gasteiger partial charge in [0.25, 0.3) is 11.5 Å². The number of hydrazone groups is 1. The van der Waals surface area contributed by atoms with Gasteiger partial charge in [0.15, 0.2) is 0 Å². The van der Waals surface area contributed by atoms with E-state index >= 15 is 0 Å². The van der Waals surface area contributed by atoms with E-state index in [4.69, 9.17) is 0 Å². The molecule has 0 atom stereocenters. The molecule has 4 N–H and O–H groups in total. The fourth-order valence-electron chi connectivity index (χ4n) is 2.47. The summed E-state index contributed by atoms with van der Waals surface area (Å²) in [5.74, 6) is -1.57. The van der Waals surface area contributed by atoms with Crippen molar-refractivity contribution in [2.75, 3.05) is 0 Å². The monoisotopic (exact) mass is 380 g/mol. The second-order valence-corrected chi connectivity index (χ2v) is 5.88. The molecule has 3 aromatic rings. The van der Waals surface area contributed by atoms with Gasteiger partial charge in [-0.05, 0) is 31.2 Å². The molecule has 9 nitrogen and oxygen atoms in total. The van der Waals surface area contributed by atoms with Gasteiger partial charge in [-0.1, -0.05) is 29.8 Å². The molecule has 1 amide bonds. The summed E-state index contributed by atoms with van der Waals surface area (Å²) in [5.41, 5.74) is 1.42. The van der Waals surface area contributed by atoms with Crippen LogP contribution in [-0.2, 0) is 0 Å². The van der Waals surface area contributed by atoms with E-state index in [1.54, 1.807) is 36.4 Å². The van der Waals surface area contributed by atoms with E-state index in [1.807, 2.05) is 6.92 Å². The molecule has 0 unspecified atom stereocenters. The van der Waals surface area contributed by atoms with Gasteiger partial charge in [0, 0.05) is 0 Å². The number of aromatic amines is 1. The van der Waals surface area contributed by atoms with Gasteiger partial charge in [0.2, 0.25) is 5.88 Å². The normalized spacial score (nSPS) is 10.9. The van der Waals surface area contributed by atoms with Gasteiger partial charge in [-0.15, -0.1) is 0 Å². The summed E-state index contributed by atoms with van der Waals surface area (Å²) in [7, 11) is 0. The molecule has 0 fully saturated rings. The lowest BCUT2D eigenvalue weighted by molar-refractivity contribution is 0.0952. The molecule has 3 rings (SSSR count). The molecule has 0 aliphatic rings. The van der Waals surface area contributed by atoms with E-state index in [0.717, 1.165) is 16.3 Å². The first-order chi connectivity index (χ1) is 13.4. The Bertz CT molecular complexity index is 1180. The van der Waals surface area contributed by atoms with Crippen LogP contribution in [0.15, 0.2) is 63.2 Å². The number of aromatic nitrogens is 2. The Morgan fingerprint density at radius 3 is 2.46 bits per heavy atom. The van der Waals surface area contributed by atoms with Crippen molar-refractivity contribution in [3.8, 4) is 17.3 Å². The molecule has 0 saturated heterocycles. The molecule has 142 valence electrons. The number of hydrogen-bond acceptors (Lipinski definition) is 6. The number of benzene rings is 2. The van der Waals surface area contributed by atoms with Crippen molar-refractivity contribution in [1.82, 2.24) is 15.0 Å². The second kappa shape index (κ2) is 7.62. The van der Waals surface area contributed by atoms with E-state index in [0.29, 0.717) is 5.69 Å². The number of carbonyl (C=O) groups excluding carboxylic acids is 1. The zero-order chi connectivity index (χ0) is 20.3. The van der Waals surface area contributed by atoms with Crippen molar-refractivity contribution in [1.29, 1.82) is 0 Å². The first kappa shape index (κ1) is 18.6. The van der Waals surface area contributed by atoms with Crippen LogP contribution in [0.1, 0.15) is 21.5 Å². The van der Waals surface area contributed by atoms with Gasteiger partial charge in [-0.25, -0.2) is 14.8 Å². The van der Waals surface area contributed by atoms with Gasteiger partial charge >= 0.3 is 5.69 Å². The molecule has 0 saturated carbocycles. The van der Waals surface area contributed by atoms with Crippen LogP contribution in [0, 0.1) is 6.92 Å². The molecule has 0 bridgehead atoms. The Morgan fingerprint density at radius 2 is 1.79 bits per heavy atom. The van der Waals surface area contributed by atoms with Crippen LogP contribution in [0.2, 0.25) is 0 Å². The Morgan fingerprint density at radius 1 is 1.11 bits per heavy atom. The molecule has 0 spiro atoms. The Hall–Kier alpha value is -4.14. The zero-order valence-electron chi connectivity index (χ0n) is 14.7. The van der Waals surface area contributed by atoms with Crippen molar-refractivity contribution in [3.63, 3.8) is 0 Å². The summed E-state index contributed by atoms with van der Waals surface area (Å²) in [6, 6.07) is 12.5. The Labute approximate surface area is 158 Å². The van der Waals surface area contributed by atoms with Crippen LogP contribution in [0.4, 0.5) is 0 Å². The zero-order valence-corrected chi connectivity index (χ0v) is 14.7. The summed E-state index contributed by atoms with van der Waals surface area (Å²) < 4.78 is 0.910. The smallest absolute Gasteiger partial charge is 0.335 e. The Kier molecular flexibility index (Phi) is 5.07. The van der Waals surface area contributed by atoms with Crippen molar-refractivity contribution in [3.05, 3.63) is 86.1 Å². The number of H-pyrrole nitrogens is 1. The van der Waals surface area contributed by atoms with Crippen molar-refractivity contribution >= 4 is 12.1 Å². The molecule has 0 aliphatic heterocycles. The number of rotatable bonds is 4. The lowest BCUT2D eigenvalue weighted by Gasteiger charge is -2.09. The molecule has 0 radical (unpaired) electrons. The predicted molar refractivity (Wildman–Crippen MR) is 102 cm³/mol. The van der Waals surface area contributed by atoms with Crippen LogP contribution in [-0.4, -0.2) is 31.9 Å². The van der Waals surface area contributed by atoms with Crippen molar-refractivity contribution in [2.24, 2.45) is 5.10 Å². The third-order valence-electron chi connectivity index (χ3n) is 3.92. The maximum absolute atomic E-state index is 12.1. The number of amides is 1. The van der Waals surface area contributed by atoms with E-state index in [9.17, 15) is 24.6 Å². The number of hydrogen-bond donors (Lipinski definition) is 4. The van der Waals surface area contributed by atoms with E-state index in [-0.39, 0.29) is 16.9 Å². The topological polar surface area (TPSA) is 137 Å². The molecule has 1 aromatic heterocycles. The predicted octanol–water partition coefficient (Wildman–Crippen LogP) is 1.01. The third kappa shape index (κ3) is 3.68. The third-order valence-corrected chi connectivity index (χ3v) is 3.92. The van der Waals surface area contributed by atoms with E-state index in [1.165, 1.54) is 12.1 Å². The first-order valence-electron chi connectivity index (χ1n) is 8.15. The molecule has 1 heterocycles. The van der Waals surface area contributed by atoms with E-state index in [2.05, 4.69) is 15.5 Å². The average Bonchev–Trinajstić information content (AvgIpc) is 2.66. The van der Waals surface area contributed by atoms with Crippen molar-refractivity contribution < 1.29 is 15.0 Å². The highest BCUT2D eigenvalue weighted by Crippen LogP contribution is 2.16. The number of aryl methyl sites for hydroxylation is 1. The molecule has 0 aliphatic carbocycles. The fourth-order valence-corrected chi connectivity index (χ4v) is 2.47. The summed E-state index contributed by atoms with van der Waals surface area (Å²) in [6.07, 6.45) is 0.913. The van der Waals surface area contributed by atoms with Crippen LogP contribution in [0.25, 0.3) is 5.69 Å². The van der Waals surface area contributed by atoms with Crippen LogP contribution in [0.3, 0.4) is 0 Å². The quantitative estimate of drug-likeness (QED) is 0.395. The van der Waals surface area contributed by atoms with Gasteiger partial charge in [0.05, 0.1) is 17.5 Å². The van der Waals surface area contributed by atoms with Crippen molar-refractivity contribution in [2.45, 2.75) is 6.92 Å². The number of aromatic hydroxyl groups is 2. The number of nitrogens with zero attached hydrogens (tertiary/aromatic N) is 2. The van der Waals surface area contributed by atoms with Crippen LogP contribution >= 0.6 is 0 Å². The lowest BCUT2D eigenvalue weighted by atomic mass is 10.2. The fraction of sp³-hybridized carbons (Fsp3) is 0.0526. The highest BCUT2D eigenvalue weighted by Gasteiger charge is 2.14. The number of para-hydroxylation sites is 1. The summed E-state index contributed by atoms with van der Waals surface area (Å²) >= 11 is 0. The first-order valence-corrected chi connectivity index (χ1v) is 8.15. The average molecular weight is 380 g/mol. The molecular weight excluding hydrogens is 364 g/mol. The van der Waals surface area contributed by atoms with Gasteiger partial charge in [-0.3, -0.25) is 14.6 Å². The summed E-state index contributed by atoms with van der Waals surface area (Å²) in [6.45, 7) is 1.87. The van der Waals surface area contributed by atoms with Crippen LogP contribution < -0.4 is 16.7 Å². The molecule has 28 heavy (non-hydrogen) atoms. The highest BCUT2D eigenvalue weighted by molar-refractivity contribution is 5.97. The number of phenols is 1. The number of nitrogens with one attached hydrogen (secondary N) is 2. The largest absolute Gasteiger partial charge is 0.507 e. The molecular formula is C19H16N4O5. The summed E-state index contributed by atoms with van der Waals surface area (Å²) in [4.78, 5) is 38.2. The standard InChI is InChI=1S/C19H16N4O5/c1-11-6-8-12(9-7-11)23-18(27)14(16(25)21-19(23)28)10-20-22-17(26)13-4-2-3-5-15(13)24/h2-10,24,27H,1H3,(H,22,26)(H,21,25,28). The minimum atomic E-state index is -0.869. The molecule has 2 aromatic carbocycles. The summed E-state index contributed by atoms with van der Waals surface area (Å²) in [5, 5.41) is 23.7. The lowest BCUT2D eigenvalue weighted by Crippen LogP contribution is -2.31. The van der Waals surface area contributed by atoms with Gasteiger partial charge in [0.1, 0.15) is 11.3 Å². The minimum absolute atomic E-state index is 0.0117. The van der Waals surface area contributed by atoms with E-state index < -0.39 is 23.0 Å². The van der Waals surface area contributed by atoms with Gasteiger partial charge < -0.3 is 10.2 Å². The second-order valence-electron chi connectivity index (χ2n) is 5.88. The minimum Gasteiger partial charge on any atom is -0.507 e. The Balaban J connectivity index is 1.93. The number of carbonyl (C=O) groups is 1. The maximum Gasteiger partial charge on any atom is 0.335 e. The van der Waals surface area contributed by atoms with Gasteiger partial charge in [-0.2, -0.15) is 5.10 Å². The molecule has 9 heteroatoms. The maximum atomic E-state index is 12.1. The SMILES string of the molecule is Cc1ccc(-n2c(O)c(C=NNC(=O)c3ccccc3O)c(=O)[nH]c2=O)cc1. The highest BCUT2D eigenvalue weighted by atomic mass is 16.3.